The van der Waals surface area contributed by atoms with Crippen LogP contribution in [0.15, 0.2) is 30.4 Å². The van der Waals surface area contributed by atoms with Gasteiger partial charge in [-0.05, 0) is 38.0 Å². The van der Waals surface area contributed by atoms with Gasteiger partial charge in [0, 0.05) is 5.56 Å². The number of hydrogen-bond acceptors (Lipinski definition) is 2. The topological polar surface area (TPSA) is 29.5 Å². The molecule has 1 rings (SSSR count). The highest BCUT2D eigenvalue weighted by molar-refractivity contribution is 5.38. The molecule has 0 radical (unpaired) electrons. The highest BCUT2D eigenvalue weighted by Crippen LogP contribution is 2.26. The van der Waals surface area contributed by atoms with Crippen LogP contribution in [0.1, 0.15) is 31.1 Å². The van der Waals surface area contributed by atoms with Crippen LogP contribution >= 0.6 is 0 Å². The minimum atomic E-state index is -0.509. The second-order valence-corrected chi connectivity index (χ2v) is 3.96. The van der Waals surface area contributed by atoms with Gasteiger partial charge in [-0.15, -0.1) is 0 Å². The molecule has 0 amide bonds. The molecule has 0 fully saturated rings. The number of ether oxygens (including phenoxy) is 1. The van der Waals surface area contributed by atoms with E-state index in [2.05, 4.69) is 6.58 Å². The third-order valence-corrected chi connectivity index (χ3v) is 2.09. The average molecular weight is 206 g/mol. The van der Waals surface area contributed by atoms with Crippen molar-refractivity contribution in [3.05, 3.63) is 41.5 Å². The fraction of sp³-hybridized carbons (Fsp3) is 0.385. The number of hydrogen-bond donors (Lipinski definition) is 1. The predicted octanol–water partition coefficient (Wildman–Crippen LogP) is 3.00. The van der Waals surface area contributed by atoms with Crippen molar-refractivity contribution in [1.29, 1.82) is 0 Å². The van der Waals surface area contributed by atoms with Crippen molar-refractivity contribution in [3.8, 4) is 5.75 Å². The van der Waals surface area contributed by atoms with Crippen LogP contribution in [0.5, 0.6) is 5.75 Å². The van der Waals surface area contributed by atoms with E-state index in [1.165, 1.54) is 0 Å². The monoisotopic (exact) mass is 206 g/mol. The van der Waals surface area contributed by atoms with Gasteiger partial charge in [-0.3, -0.25) is 0 Å². The summed E-state index contributed by atoms with van der Waals surface area (Å²) in [6, 6.07) is 5.80. The lowest BCUT2D eigenvalue weighted by molar-refractivity contribution is 0.192. The van der Waals surface area contributed by atoms with Crippen molar-refractivity contribution in [3.63, 3.8) is 0 Å². The maximum Gasteiger partial charge on any atom is 0.125 e. The first-order valence-electron chi connectivity index (χ1n) is 5.06. The van der Waals surface area contributed by atoms with E-state index in [0.29, 0.717) is 6.61 Å². The molecule has 0 saturated carbocycles. The SMILES string of the molecule is C=C(C)COc1cc(C)ccc1[C@@H](C)O. The van der Waals surface area contributed by atoms with Gasteiger partial charge in [-0.25, -0.2) is 0 Å². The highest BCUT2D eigenvalue weighted by Gasteiger charge is 2.08. The zero-order valence-corrected chi connectivity index (χ0v) is 9.58. The number of aliphatic hydroxyl groups is 1. The van der Waals surface area contributed by atoms with E-state index in [-0.39, 0.29) is 0 Å². The van der Waals surface area contributed by atoms with E-state index in [0.717, 1.165) is 22.4 Å². The number of aliphatic hydroxyl groups excluding tert-OH is 1. The van der Waals surface area contributed by atoms with Crippen molar-refractivity contribution in [2.24, 2.45) is 0 Å². The second-order valence-electron chi connectivity index (χ2n) is 3.96. The molecule has 0 saturated heterocycles. The van der Waals surface area contributed by atoms with E-state index < -0.39 is 6.10 Å². The lowest BCUT2D eigenvalue weighted by atomic mass is 10.1. The Bertz CT molecular complexity index is 354. The van der Waals surface area contributed by atoms with Gasteiger partial charge in [0.25, 0.3) is 0 Å². The predicted molar refractivity (Wildman–Crippen MR) is 62.1 cm³/mol. The summed E-state index contributed by atoms with van der Waals surface area (Å²) in [7, 11) is 0. The molecule has 15 heavy (non-hydrogen) atoms. The van der Waals surface area contributed by atoms with E-state index in [1.54, 1.807) is 6.92 Å². The minimum absolute atomic E-state index is 0.489. The highest BCUT2D eigenvalue weighted by atomic mass is 16.5. The summed E-state index contributed by atoms with van der Waals surface area (Å²) in [5.41, 5.74) is 2.91. The zero-order chi connectivity index (χ0) is 11.4. The van der Waals surface area contributed by atoms with Crippen molar-refractivity contribution in [1.82, 2.24) is 0 Å². The van der Waals surface area contributed by atoms with Crippen LogP contribution in [0.2, 0.25) is 0 Å². The first-order valence-corrected chi connectivity index (χ1v) is 5.06. The number of rotatable bonds is 4. The Morgan fingerprint density at radius 3 is 2.73 bits per heavy atom. The van der Waals surface area contributed by atoms with E-state index in [9.17, 15) is 5.11 Å². The van der Waals surface area contributed by atoms with Gasteiger partial charge in [-0.2, -0.15) is 0 Å². The zero-order valence-electron chi connectivity index (χ0n) is 9.58. The third kappa shape index (κ3) is 3.40. The van der Waals surface area contributed by atoms with Gasteiger partial charge in [0.2, 0.25) is 0 Å². The molecule has 0 aromatic heterocycles. The Kier molecular flexibility index (Phi) is 3.92. The molecule has 0 spiro atoms. The lowest BCUT2D eigenvalue weighted by Gasteiger charge is -2.14. The van der Waals surface area contributed by atoms with Gasteiger partial charge >= 0.3 is 0 Å². The smallest absolute Gasteiger partial charge is 0.125 e. The Morgan fingerprint density at radius 2 is 2.20 bits per heavy atom. The molecule has 82 valence electrons. The van der Waals surface area contributed by atoms with E-state index in [1.807, 2.05) is 32.0 Å². The van der Waals surface area contributed by atoms with Gasteiger partial charge < -0.3 is 9.84 Å². The quantitative estimate of drug-likeness (QED) is 0.767. The summed E-state index contributed by atoms with van der Waals surface area (Å²) in [6.45, 7) is 9.92. The van der Waals surface area contributed by atoms with Gasteiger partial charge in [0.15, 0.2) is 0 Å². The molecule has 1 aromatic carbocycles. The van der Waals surface area contributed by atoms with Crippen molar-refractivity contribution < 1.29 is 9.84 Å². The van der Waals surface area contributed by atoms with Crippen LogP contribution in [0, 0.1) is 6.92 Å². The van der Waals surface area contributed by atoms with E-state index in [4.69, 9.17) is 4.74 Å². The van der Waals surface area contributed by atoms with Crippen LogP contribution < -0.4 is 4.74 Å². The average Bonchev–Trinajstić information content (AvgIpc) is 2.14. The summed E-state index contributed by atoms with van der Waals surface area (Å²) in [4.78, 5) is 0. The lowest BCUT2D eigenvalue weighted by Crippen LogP contribution is -2.03. The molecule has 0 aliphatic rings. The maximum absolute atomic E-state index is 9.56. The van der Waals surface area contributed by atoms with Gasteiger partial charge in [0.1, 0.15) is 12.4 Å². The maximum atomic E-state index is 9.56. The van der Waals surface area contributed by atoms with Crippen LogP contribution in [-0.4, -0.2) is 11.7 Å². The Balaban J connectivity index is 2.91. The summed E-state index contributed by atoms with van der Waals surface area (Å²) in [5.74, 6) is 0.744. The Hall–Kier alpha value is -1.28. The molecule has 1 N–H and O–H groups in total. The molecule has 0 unspecified atom stereocenters. The molecule has 0 aliphatic heterocycles. The van der Waals surface area contributed by atoms with Crippen LogP contribution in [0.3, 0.4) is 0 Å². The Morgan fingerprint density at radius 1 is 1.53 bits per heavy atom. The van der Waals surface area contributed by atoms with Gasteiger partial charge in [-0.1, -0.05) is 18.7 Å². The molecular weight excluding hydrogens is 188 g/mol. The number of aryl methyl sites for hydroxylation is 1. The van der Waals surface area contributed by atoms with Crippen molar-refractivity contribution in [2.45, 2.75) is 26.9 Å². The molecule has 1 aromatic rings. The van der Waals surface area contributed by atoms with E-state index >= 15 is 0 Å². The summed E-state index contributed by atoms with van der Waals surface area (Å²) >= 11 is 0. The first kappa shape index (κ1) is 11.8. The number of benzene rings is 1. The van der Waals surface area contributed by atoms with Crippen molar-refractivity contribution in [2.75, 3.05) is 6.61 Å². The normalized spacial score (nSPS) is 12.3. The fourth-order valence-electron chi connectivity index (χ4n) is 1.31. The third-order valence-electron chi connectivity index (χ3n) is 2.09. The molecule has 0 bridgehead atoms. The van der Waals surface area contributed by atoms with Crippen LogP contribution in [0.4, 0.5) is 0 Å². The largest absolute Gasteiger partial charge is 0.489 e. The van der Waals surface area contributed by atoms with Crippen LogP contribution in [-0.2, 0) is 0 Å². The summed E-state index contributed by atoms with van der Waals surface area (Å²) in [6.07, 6.45) is -0.509. The fourth-order valence-corrected chi connectivity index (χ4v) is 1.31. The Labute approximate surface area is 91.2 Å². The van der Waals surface area contributed by atoms with Crippen LogP contribution in [0.25, 0.3) is 0 Å². The summed E-state index contributed by atoms with van der Waals surface area (Å²) in [5, 5.41) is 9.56. The minimum Gasteiger partial charge on any atom is -0.489 e. The molecule has 2 heteroatoms. The molecular formula is C13H18O2. The molecule has 0 heterocycles. The summed E-state index contributed by atoms with van der Waals surface area (Å²) < 4.78 is 5.58. The molecule has 0 aliphatic carbocycles. The second kappa shape index (κ2) is 4.99. The molecule has 2 nitrogen and oxygen atoms in total. The first-order chi connectivity index (χ1) is 7.00. The van der Waals surface area contributed by atoms with Crippen molar-refractivity contribution >= 4 is 0 Å². The van der Waals surface area contributed by atoms with Gasteiger partial charge in [0.05, 0.1) is 6.10 Å². The standard InChI is InChI=1S/C13H18O2/c1-9(2)8-15-13-7-10(3)5-6-12(13)11(4)14/h5-7,11,14H,1,8H2,2-4H3/t11-/m1/s1. The molecule has 1 atom stereocenters.